The summed E-state index contributed by atoms with van der Waals surface area (Å²) in [5.74, 6) is -1.44. The summed E-state index contributed by atoms with van der Waals surface area (Å²) in [4.78, 5) is 15.0. The zero-order chi connectivity index (χ0) is 20.4. The first-order chi connectivity index (χ1) is 14.0. The smallest absolute Gasteiger partial charge is 0.235 e. The Hall–Kier alpha value is -2.99. The van der Waals surface area contributed by atoms with Gasteiger partial charge in [0.15, 0.2) is 17.1 Å². The van der Waals surface area contributed by atoms with Crippen LogP contribution < -0.4 is 5.43 Å². The van der Waals surface area contributed by atoms with Gasteiger partial charge in [0.1, 0.15) is 0 Å². The van der Waals surface area contributed by atoms with Gasteiger partial charge in [0, 0.05) is 5.56 Å². The summed E-state index contributed by atoms with van der Waals surface area (Å²) in [7, 11) is 0. The van der Waals surface area contributed by atoms with Crippen molar-refractivity contribution in [1.82, 2.24) is 4.90 Å². The maximum absolute atomic E-state index is 12.4. The first-order valence-electron chi connectivity index (χ1n) is 10.1. The highest BCUT2D eigenvalue weighted by atomic mass is 16.4. The number of benzene rings is 2. The van der Waals surface area contributed by atoms with Crippen LogP contribution in [0.5, 0.6) is 17.2 Å². The van der Waals surface area contributed by atoms with Gasteiger partial charge in [0.25, 0.3) is 0 Å². The van der Waals surface area contributed by atoms with E-state index in [1.807, 2.05) is 12.1 Å². The molecule has 0 amide bonds. The Kier molecular flexibility index (Phi) is 5.45. The minimum Gasteiger partial charge on any atom is -0.504 e. The second kappa shape index (κ2) is 8.17. The number of fused-ring (bicyclic) bond motifs is 1. The second-order valence-electron chi connectivity index (χ2n) is 7.62. The van der Waals surface area contributed by atoms with Crippen LogP contribution in [0, 0.1) is 0 Å². The van der Waals surface area contributed by atoms with E-state index in [1.165, 1.54) is 50.0 Å². The standard InChI is InChI=1S/C23H25NO5/c25-18-11-10-17-19(26)21(28)22(29-23(17)20(18)27)16-8-6-15(7-9-16)5-4-14-24-12-2-1-3-13-24/h6-11,25,27-28H,1-5,12-14H2. The molecule has 6 heteroatoms. The Morgan fingerprint density at radius 2 is 1.62 bits per heavy atom. The van der Waals surface area contributed by atoms with Crippen molar-refractivity contribution in [3.8, 4) is 28.6 Å². The molecule has 0 bridgehead atoms. The molecule has 3 aromatic rings. The maximum Gasteiger partial charge on any atom is 0.235 e. The molecular weight excluding hydrogens is 370 g/mol. The molecule has 29 heavy (non-hydrogen) atoms. The van der Waals surface area contributed by atoms with Crippen LogP contribution >= 0.6 is 0 Å². The van der Waals surface area contributed by atoms with Crippen molar-refractivity contribution < 1.29 is 19.7 Å². The molecule has 1 fully saturated rings. The molecule has 1 aliphatic rings. The van der Waals surface area contributed by atoms with Gasteiger partial charge in [-0.25, -0.2) is 0 Å². The Morgan fingerprint density at radius 3 is 2.34 bits per heavy atom. The number of likely N-dealkylation sites (tertiary alicyclic amines) is 1. The second-order valence-corrected chi connectivity index (χ2v) is 7.62. The Balaban J connectivity index is 1.54. The SMILES string of the molecule is O=c1c(O)c(-c2ccc(CCCN3CCCCC3)cc2)oc2c(O)c(O)ccc12. The average molecular weight is 395 g/mol. The van der Waals surface area contributed by atoms with E-state index in [2.05, 4.69) is 4.90 Å². The molecule has 0 spiro atoms. The van der Waals surface area contributed by atoms with Crippen molar-refractivity contribution in [2.75, 3.05) is 19.6 Å². The quantitative estimate of drug-likeness (QED) is 0.566. The van der Waals surface area contributed by atoms with Gasteiger partial charge >= 0.3 is 0 Å². The van der Waals surface area contributed by atoms with E-state index < -0.39 is 16.9 Å². The van der Waals surface area contributed by atoms with Crippen LogP contribution in [0.15, 0.2) is 45.6 Å². The van der Waals surface area contributed by atoms with Crippen LogP contribution in [0.1, 0.15) is 31.2 Å². The molecule has 0 aliphatic carbocycles. The topological polar surface area (TPSA) is 94.1 Å². The fraction of sp³-hybridized carbons (Fsp3) is 0.348. The van der Waals surface area contributed by atoms with E-state index in [9.17, 15) is 20.1 Å². The molecule has 0 unspecified atom stereocenters. The molecule has 1 saturated heterocycles. The zero-order valence-corrected chi connectivity index (χ0v) is 16.2. The first kappa shape index (κ1) is 19.3. The Bertz CT molecular complexity index is 1070. The number of rotatable bonds is 5. The lowest BCUT2D eigenvalue weighted by Gasteiger charge is -2.26. The highest BCUT2D eigenvalue weighted by Gasteiger charge is 2.19. The summed E-state index contributed by atoms with van der Waals surface area (Å²) in [6, 6.07) is 9.99. The summed E-state index contributed by atoms with van der Waals surface area (Å²) >= 11 is 0. The van der Waals surface area contributed by atoms with Crippen molar-refractivity contribution in [2.45, 2.75) is 32.1 Å². The number of phenols is 2. The lowest BCUT2D eigenvalue weighted by Crippen LogP contribution is -2.30. The molecular formula is C23H25NO5. The van der Waals surface area contributed by atoms with E-state index in [0.29, 0.717) is 5.56 Å². The Morgan fingerprint density at radius 1 is 0.897 bits per heavy atom. The molecule has 0 atom stereocenters. The van der Waals surface area contributed by atoms with E-state index in [-0.39, 0.29) is 22.5 Å². The summed E-state index contributed by atoms with van der Waals surface area (Å²) < 4.78 is 5.60. The van der Waals surface area contributed by atoms with Crippen molar-refractivity contribution in [2.24, 2.45) is 0 Å². The van der Waals surface area contributed by atoms with E-state index in [1.54, 1.807) is 12.1 Å². The maximum atomic E-state index is 12.4. The van der Waals surface area contributed by atoms with Gasteiger partial charge in [0.2, 0.25) is 16.9 Å². The van der Waals surface area contributed by atoms with Crippen molar-refractivity contribution in [1.29, 1.82) is 0 Å². The summed E-state index contributed by atoms with van der Waals surface area (Å²) in [6.45, 7) is 3.49. The number of aryl methyl sites for hydroxylation is 1. The van der Waals surface area contributed by atoms with Gasteiger partial charge in [-0.2, -0.15) is 0 Å². The number of nitrogens with zero attached hydrogens (tertiary/aromatic N) is 1. The van der Waals surface area contributed by atoms with Gasteiger partial charge < -0.3 is 24.6 Å². The molecule has 3 N–H and O–H groups in total. The van der Waals surface area contributed by atoms with Crippen LogP contribution in [-0.2, 0) is 6.42 Å². The molecule has 2 heterocycles. The number of phenolic OH excluding ortho intramolecular Hbond substituents is 2. The largest absolute Gasteiger partial charge is 0.504 e. The third-order valence-corrected chi connectivity index (χ3v) is 5.59. The predicted molar refractivity (Wildman–Crippen MR) is 112 cm³/mol. The lowest BCUT2D eigenvalue weighted by molar-refractivity contribution is 0.226. The minimum atomic E-state index is -0.651. The van der Waals surface area contributed by atoms with E-state index in [4.69, 9.17) is 4.42 Å². The molecule has 0 saturated carbocycles. The number of hydrogen-bond acceptors (Lipinski definition) is 6. The first-order valence-corrected chi connectivity index (χ1v) is 10.1. The van der Waals surface area contributed by atoms with Gasteiger partial charge in [-0.3, -0.25) is 4.79 Å². The molecule has 2 aromatic carbocycles. The monoisotopic (exact) mass is 395 g/mol. The predicted octanol–water partition coefficient (Wildman–Crippen LogP) is 4.00. The highest BCUT2D eigenvalue weighted by molar-refractivity contribution is 5.88. The molecule has 152 valence electrons. The highest BCUT2D eigenvalue weighted by Crippen LogP contribution is 2.37. The molecule has 1 aliphatic heterocycles. The number of piperidine rings is 1. The van der Waals surface area contributed by atoms with Crippen molar-refractivity contribution in [3.05, 3.63) is 52.2 Å². The molecule has 1 aromatic heterocycles. The van der Waals surface area contributed by atoms with E-state index >= 15 is 0 Å². The van der Waals surface area contributed by atoms with Crippen LogP contribution in [0.2, 0.25) is 0 Å². The van der Waals surface area contributed by atoms with Gasteiger partial charge in [-0.15, -0.1) is 0 Å². The lowest BCUT2D eigenvalue weighted by atomic mass is 10.0. The van der Waals surface area contributed by atoms with Crippen molar-refractivity contribution in [3.63, 3.8) is 0 Å². The zero-order valence-electron chi connectivity index (χ0n) is 16.2. The average Bonchev–Trinajstić information content (AvgIpc) is 2.75. The fourth-order valence-corrected chi connectivity index (χ4v) is 3.93. The third kappa shape index (κ3) is 3.93. The van der Waals surface area contributed by atoms with Gasteiger partial charge in [-0.05, 0) is 63.0 Å². The Labute approximate surface area is 168 Å². The van der Waals surface area contributed by atoms with Crippen LogP contribution in [0.4, 0.5) is 0 Å². The molecule has 6 nitrogen and oxygen atoms in total. The minimum absolute atomic E-state index is 0.0101. The van der Waals surface area contributed by atoms with Crippen LogP contribution in [0.25, 0.3) is 22.3 Å². The van der Waals surface area contributed by atoms with Crippen molar-refractivity contribution >= 4 is 11.0 Å². The summed E-state index contributed by atoms with van der Waals surface area (Å²) in [5, 5.41) is 30.0. The number of aromatic hydroxyl groups is 3. The van der Waals surface area contributed by atoms with Crippen LogP contribution in [-0.4, -0.2) is 39.9 Å². The van der Waals surface area contributed by atoms with E-state index in [0.717, 1.165) is 19.4 Å². The van der Waals surface area contributed by atoms with Gasteiger partial charge in [-0.1, -0.05) is 30.7 Å². The number of hydrogen-bond donors (Lipinski definition) is 3. The molecule has 4 rings (SSSR count). The summed E-state index contributed by atoms with van der Waals surface area (Å²) in [6.07, 6.45) is 5.97. The molecule has 0 radical (unpaired) electrons. The third-order valence-electron chi connectivity index (χ3n) is 5.59. The normalized spacial score (nSPS) is 15.0. The summed E-state index contributed by atoms with van der Waals surface area (Å²) in [5.41, 5.74) is 0.911. The van der Waals surface area contributed by atoms with Crippen LogP contribution in [0.3, 0.4) is 0 Å². The fourth-order valence-electron chi connectivity index (χ4n) is 3.93. The van der Waals surface area contributed by atoms with Gasteiger partial charge in [0.05, 0.1) is 5.39 Å².